The number of thioether (sulfide) groups is 1. The summed E-state index contributed by atoms with van der Waals surface area (Å²) in [4.78, 5) is 15.7. The number of benzene rings is 2. The van der Waals surface area contributed by atoms with Crippen LogP contribution in [0.1, 0.15) is 51.2 Å². The predicted octanol–water partition coefficient (Wildman–Crippen LogP) is 7.68. The number of fused-ring (bicyclic) bond motifs is 1. The van der Waals surface area contributed by atoms with E-state index < -0.39 is 5.41 Å². The van der Waals surface area contributed by atoms with Crippen molar-refractivity contribution in [3.63, 3.8) is 0 Å². The second kappa shape index (κ2) is 12.9. The minimum atomic E-state index is -0.553. The summed E-state index contributed by atoms with van der Waals surface area (Å²) >= 11 is 5.61. The Hall–Kier alpha value is -1.35. The molecule has 36 heavy (non-hydrogen) atoms. The second-order valence-electron chi connectivity index (χ2n) is 10.1. The Kier molecular flexibility index (Phi) is 10.5. The van der Waals surface area contributed by atoms with Crippen LogP contribution in [-0.4, -0.2) is 49.0 Å². The van der Waals surface area contributed by atoms with Crippen LogP contribution < -0.4 is 9.47 Å². The summed E-state index contributed by atoms with van der Waals surface area (Å²) in [5, 5.41) is 0. The van der Waals surface area contributed by atoms with E-state index in [9.17, 15) is 9.18 Å². The summed E-state index contributed by atoms with van der Waals surface area (Å²) in [6, 6.07) is 14.2. The summed E-state index contributed by atoms with van der Waals surface area (Å²) in [6.07, 6.45) is 2.62. The number of hydrogen-bond acceptors (Lipinski definition) is 5. The minimum Gasteiger partial charge on any atom is -0.489 e. The molecule has 4 rings (SSSR count). The van der Waals surface area contributed by atoms with Gasteiger partial charge in [0.05, 0.1) is 12.1 Å². The van der Waals surface area contributed by atoms with Gasteiger partial charge in [0.25, 0.3) is 0 Å². The third-order valence-electron chi connectivity index (χ3n) is 6.18. The normalized spacial score (nSPS) is 18.3. The molecular formula is C28H34Br2FNO3S. The average molecular weight is 643 g/mol. The summed E-state index contributed by atoms with van der Waals surface area (Å²) in [5.74, 6) is 2.14. The Balaban J connectivity index is 0.00000361. The number of halogens is 3. The highest BCUT2D eigenvalue weighted by Gasteiger charge is 2.26. The first-order chi connectivity index (χ1) is 16.7. The molecule has 2 aliphatic rings. The fraction of sp³-hybridized carbons (Fsp3) is 0.464. The van der Waals surface area contributed by atoms with Gasteiger partial charge in [-0.15, -0.1) is 28.7 Å². The lowest BCUT2D eigenvalue weighted by molar-refractivity contribution is -0.143. The molecule has 0 bridgehead atoms. The first-order valence-electron chi connectivity index (χ1n) is 12.2. The van der Waals surface area contributed by atoms with E-state index in [-0.39, 0.29) is 35.7 Å². The third kappa shape index (κ3) is 7.36. The monoisotopic (exact) mass is 641 g/mol. The Morgan fingerprint density at radius 3 is 2.58 bits per heavy atom. The molecule has 2 aliphatic heterocycles. The van der Waals surface area contributed by atoms with E-state index in [0.29, 0.717) is 12.2 Å². The van der Waals surface area contributed by atoms with Crippen molar-refractivity contribution in [2.24, 2.45) is 5.41 Å². The number of hydrogen-bond donors (Lipinski definition) is 0. The van der Waals surface area contributed by atoms with Crippen LogP contribution >= 0.6 is 44.7 Å². The smallest absolute Gasteiger partial charge is 0.316 e. The molecule has 0 aromatic heterocycles. The molecule has 2 heterocycles. The number of carbonyl (C=O) groups excluding carboxylic acids is 1. The number of rotatable bonds is 7. The van der Waals surface area contributed by atoms with E-state index in [0.717, 1.165) is 70.1 Å². The van der Waals surface area contributed by atoms with Gasteiger partial charge in [0, 0.05) is 40.3 Å². The van der Waals surface area contributed by atoms with Crippen molar-refractivity contribution >= 4 is 56.2 Å². The van der Waals surface area contributed by atoms with Crippen molar-refractivity contribution in [2.75, 3.05) is 32.1 Å². The van der Waals surface area contributed by atoms with Gasteiger partial charge in [0.2, 0.25) is 0 Å². The van der Waals surface area contributed by atoms with Gasteiger partial charge in [-0.3, -0.25) is 14.1 Å². The molecule has 0 aliphatic carbocycles. The summed E-state index contributed by atoms with van der Waals surface area (Å²) in [7, 11) is 0. The van der Waals surface area contributed by atoms with E-state index in [1.54, 1.807) is 11.8 Å². The Morgan fingerprint density at radius 2 is 1.89 bits per heavy atom. The van der Waals surface area contributed by atoms with Crippen LogP contribution in [0.3, 0.4) is 0 Å². The molecule has 1 saturated heterocycles. The van der Waals surface area contributed by atoms with E-state index in [1.165, 1.54) is 0 Å². The lowest BCUT2D eigenvalue weighted by Gasteiger charge is -2.18. The summed E-state index contributed by atoms with van der Waals surface area (Å²) in [6.45, 7) is 7.91. The Morgan fingerprint density at radius 1 is 1.17 bits per heavy atom. The average Bonchev–Trinajstić information content (AvgIpc) is 3.19. The first-order valence-corrected chi connectivity index (χ1v) is 14.0. The van der Waals surface area contributed by atoms with Gasteiger partial charge < -0.3 is 9.47 Å². The van der Waals surface area contributed by atoms with Gasteiger partial charge in [0.15, 0.2) is 0 Å². The highest BCUT2D eigenvalue weighted by Crippen LogP contribution is 2.43. The molecule has 196 valence electrons. The predicted molar refractivity (Wildman–Crippen MR) is 155 cm³/mol. The van der Waals surface area contributed by atoms with Crippen molar-refractivity contribution in [2.45, 2.75) is 51.0 Å². The SMILES string of the molecule is Br.CC(C)(C)C(=O)Oc1ccc2c(c1)SCCC(Br)=C2c1ccc(O[C@H]2CCN(CCCF)C2)cc1. The van der Waals surface area contributed by atoms with Crippen molar-refractivity contribution in [3.8, 4) is 11.5 Å². The lowest BCUT2D eigenvalue weighted by Crippen LogP contribution is -2.26. The molecule has 1 atom stereocenters. The van der Waals surface area contributed by atoms with Crippen LogP contribution in [0.15, 0.2) is 51.8 Å². The number of ether oxygens (including phenoxy) is 2. The fourth-order valence-corrected chi connectivity index (χ4v) is 6.21. The molecule has 8 heteroatoms. The molecule has 2 aromatic rings. The second-order valence-corrected chi connectivity index (χ2v) is 12.2. The van der Waals surface area contributed by atoms with Gasteiger partial charge in [-0.25, -0.2) is 0 Å². The fourth-order valence-electron chi connectivity index (χ4n) is 4.26. The topological polar surface area (TPSA) is 38.8 Å². The Bertz CT molecular complexity index is 1090. The molecule has 1 fully saturated rings. The highest BCUT2D eigenvalue weighted by atomic mass is 79.9. The zero-order valence-corrected chi connectivity index (χ0v) is 25.1. The number of carbonyl (C=O) groups is 1. The maximum Gasteiger partial charge on any atom is 0.316 e. The number of allylic oxidation sites excluding steroid dienone is 1. The zero-order valence-electron chi connectivity index (χ0n) is 21.0. The molecule has 0 saturated carbocycles. The van der Waals surface area contributed by atoms with Gasteiger partial charge >= 0.3 is 5.97 Å². The molecule has 0 N–H and O–H groups in total. The minimum absolute atomic E-state index is 0. The molecule has 0 spiro atoms. The molecule has 0 radical (unpaired) electrons. The van der Waals surface area contributed by atoms with Crippen LogP contribution in [0, 0.1) is 5.41 Å². The number of esters is 1. The van der Waals surface area contributed by atoms with Gasteiger partial charge in [-0.2, -0.15) is 0 Å². The van der Waals surface area contributed by atoms with E-state index in [4.69, 9.17) is 9.47 Å². The maximum absolute atomic E-state index is 12.5. The first kappa shape index (κ1) is 29.2. The molecular weight excluding hydrogens is 609 g/mol. The van der Waals surface area contributed by atoms with Crippen molar-refractivity contribution in [1.29, 1.82) is 0 Å². The molecule has 0 amide bonds. The van der Waals surface area contributed by atoms with Gasteiger partial charge in [-0.05, 0) is 81.5 Å². The largest absolute Gasteiger partial charge is 0.489 e. The Labute approximate surface area is 236 Å². The van der Waals surface area contributed by atoms with E-state index >= 15 is 0 Å². The van der Waals surface area contributed by atoms with Crippen molar-refractivity contribution in [1.82, 2.24) is 4.90 Å². The number of alkyl halides is 1. The summed E-state index contributed by atoms with van der Waals surface area (Å²) in [5.41, 5.74) is 2.85. The standard InChI is InChI=1S/C28H33BrFNO3S.BrH/c1-28(2,3)27(32)34-21-9-10-23-25(17-21)35-16-12-24(29)26(23)19-5-7-20(8-6-19)33-22-11-15-31(18-22)14-4-13-30;/h5-10,17,22H,4,11-16,18H2,1-3H3;1H/t22-;/m0./s1. The quantitative estimate of drug-likeness (QED) is 0.229. The van der Waals surface area contributed by atoms with Crippen molar-refractivity contribution < 1.29 is 18.7 Å². The maximum atomic E-state index is 12.5. The summed E-state index contributed by atoms with van der Waals surface area (Å²) < 4.78 is 25.5. The van der Waals surface area contributed by atoms with Gasteiger partial charge in [0.1, 0.15) is 17.6 Å². The van der Waals surface area contributed by atoms with Gasteiger partial charge in [-0.1, -0.05) is 28.1 Å². The molecule has 0 unspecified atom stereocenters. The lowest BCUT2D eigenvalue weighted by atomic mass is 9.96. The molecule has 2 aromatic carbocycles. The van der Waals surface area contributed by atoms with Crippen LogP contribution in [0.25, 0.3) is 5.57 Å². The number of likely N-dealkylation sites (tertiary alicyclic amines) is 1. The zero-order chi connectivity index (χ0) is 25.0. The number of nitrogens with zero attached hydrogens (tertiary/aromatic N) is 1. The van der Waals surface area contributed by atoms with Crippen LogP contribution in [0.4, 0.5) is 4.39 Å². The van der Waals surface area contributed by atoms with E-state index in [1.807, 2.05) is 51.1 Å². The van der Waals surface area contributed by atoms with Crippen LogP contribution in [0.5, 0.6) is 11.5 Å². The highest BCUT2D eigenvalue weighted by molar-refractivity contribution is 9.11. The van der Waals surface area contributed by atoms with Crippen LogP contribution in [0.2, 0.25) is 0 Å². The van der Waals surface area contributed by atoms with Crippen molar-refractivity contribution in [3.05, 3.63) is 58.1 Å². The van der Waals surface area contributed by atoms with E-state index in [2.05, 4.69) is 33.0 Å². The third-order valence-corrected chi connectivity index (χ3v) is 8.03. The molecule has 4 nitrogen and oxygen atoms in total. The van der Waals surface area contributed by atoms with Crippen LogP contribution in [-0.2, 0) is 4.79 Å².